The lowest BCUT2D eigenvalue weighted by molar-refractivity contribution is -0.153. The monoisotopic (exact) mass is 256 g/mol. The van der Waals surface area contributed by atoms with Crippen molar-refractivity contribution in [3.63, 3.8) is 0 Å². The third kappa shape index (κ3) is 3.22. The summed E-state index contributed by atoms with van der Waals surface area (Å²) in [5, 5.41) is 20.6. The summed E-state index contributed by atoms with van der Waals surface area (Å²) in [5.74, 6) is -0.855. The van der Waals surface area contributed by atoms with Crippen LogP contribution in [-0.2, 0) is 4.79 Å². The number of hydrogen-bond donors (Lipinski definition) is 3. The molecule has 0 aromatic rings. The Morgan fingerprint density at radius 2 is 2.11 bits per heavy atom. The van der Waals surface area contributed by atoms with Crippen molar-refractivity contribution in [3.05, 3.63) is 12.7 Å². The van der Waals surface area contributed by atoms with Gasteiger partial charge < -0.3 is 20.4 Å². The SMILES string of the molecule is C=CCN(CCO)C(=O)NCC1(C(=O)O)CCC1. The smallest absolute Gasteiger partial charge is 0.317 e. The number of aliphatic hydroxyl groups is 1. The number of aliphatic hydroxyl groups excluding tert-OH is 1. The van der Waals surface area contributed by atoms with Gasteiger partial charge in [0.2, 0.25) is 0 Å². The van der Waals surface area contributed by atoms with Crippen LogP contribution in [0.2, 0.25) is 0 Å². The quantitative estimate of drug-likeness (QED) is 0.576. The first-order valence-corrected chi connectivity index (χ1v) is 6.03. The molecule has 0 aromatic heterocycles. The number of hydrogen-bond acceptors (Lipinski definition) is 3. The molecule has 18 heavy (non-hydrogen) atoms. The van der Waals surface area contributed by atoms with E-state index >= 15 is 0 Å². The summed E-state index contributed by atoms with van der Waals surface area (Å²) < 4.78 is 0. The number of aliphatic carboxylic acids is 1. The van der Waals surface area contributed by atoms with Crippen LogP contribution < -0.4 is 5.32 Å². The normalized spacial score (nSPS) is 16.5. The molecular weight excluding hydrogens is 236 g/mol. The van der Waals surface area contributed by atoms with Gasteiger partial charge >= 0.3 is 12.0 Å². The third-order valence-electron chi connectivity index (χ3n) is 3.35. The topological polar surface area (TPSA) is 89.9 Å². The molecule has 102 valence electrons. The first-order chi connectivity index (χ1) is 8.55. The molecule has 6 nitrogen and oxygen atoms in total. The van der Waals surface area contributed by atoms with Crippen LogP contribution in [0.5, 0.6) is 0 Å². The van der Waals surface area contributed by atoms with E-state index in [4.69, 9.17) is 10.2 Å². The van der Waals surface area contributed by atoms with E-state index in [1.807, 2.05) is 0 Å². The molecule has 1 rings (SSSR count). The Morgan fingerprint density at radius 1 is 1.44 bits per heavy atom. The van der Waals surface area contributed by atoms with Crippen LogP contribution in [0.1, 0.15) is 19.3 Å². The summed E-state index contributed by atoms with van der Waals surface area (Å²) >= 11 is 0. The molecule has 2 amide bonds. The van der Waals surface area contributed by atoms with Crippen LogP contribution in [0.15, 0.2) is 12.7 Å². The van der Waals surface area contributed by atoms with Gasteiger partial charge in [-0.15, -0.1) is 6.58 Å². The average Bonchev–Trinajstić information content (AvgIpc) is 2.26. The van der Waals surface area contributed by atoms with Gasteiger partial charge in [-0.05, 0) is 12.8 Å². The second kappa shape index (κ2) is 6.39. The predicted octanol–water partition coefficient (Wildman–Crippen LogP) is 0.431. The van der Waals surface area contributed by atoms with E-state index in [1.165, 1.54) is 4.90 Å². The maximum absolute atomic E-state index is 11.8. The highest BCUT2D eigenvalue weighted by molar-refractivity contribution is 5.79. The van der Waals surface area contributed by atoms with Gasteiger partial charge in [0, 0.05) is 19.6 Å². The van der Waals surface area contributed by atoms with Crippen molar-refractivity contribution in [3.8, 4) is 0 Å². The lowest BCUT2D eigenvalue weighted by Crippen LogP contribution is -2.51. The zero-order chi connectivity index (χ0) is 13.6. The number of carbonyl (C=O) groups excluding carboxylic acids is 1. The summed E-state index contributed by atoms with van der Waals surface area (Å²) in [6.45, 7) is 4.07. The molecule has 3 N–H and O–H groups in total. The zero-order valence-corrected chi connectivity index (χ0v) is 10.4. The molecule has 1 saturated carbocycles. The van der Waals surface area contributed by atoms with Crippen molar-refractivity contribution in [2.24, 2.45) is 5.41 Å². The van der Waals surface area contributed by atoms with E-state index < -0.39 is 11.4 Å². The number of nitrogens with zero attached hydrogens (tertiary/aromatic N) is 1. The minimum atomic E-state index is -0.855. The molecule has 0 unspecified atom stereocenters. The lowest BCUT2D eigenvalue weighted by Gasteiger charge is -2.38. The Morgan fingerprint density at radius 3 is 2.50 bits per heavy atom. The molecule has 0 atom stereocenters. The number of amides is 2. The van der Waals surface area contributed by atoms with Crippen LogP contribution in [0, 0.1) is 5.41 Å². The Balaban J connectivity index is 2.48. The number of urea groups is 1. The van der Waals surface area contributed by atoms with Crippen molar-refractivity contribution >= 4 is 12.0 Å². The van der Waals surface area contributed by atoms with E-state index in [0.29, 0.717) is 19.4 Å². The maximum Gasteiger partial charge on any atom is 0.317 e. The largest absolute Gasteiger partial charge is 0.481 e. The van der Waals surface area contributed by atoms with Crippen molar-refractivity contribution in [1.29, 1.82) is 0 Å². The van der Waals surface area contributed by atoms with Crippen LogP contribution in [0.3, 0.4) is 0 Å². The fraction of sp³-hybridized carbons (Fsp3) is 0.667. The summed E-state index contributed by atoms with van der Waals surface area (Å²) in [5.41, 5.74) is -0.797. The van der Waals surface area contributed by atoms with Crippen molar-refractivity contribution in [1.82, 2.24) is 10.2 Å². The highest BCUT2D eigenvalue weighted by atomic mass is 16.4. The van der Waals surface area contributed by atoms with E-state index in [9.17, 15) is 9.59 Å². The number of nitrogens with one attached hydrogen (secondary N) is 1. The molecule has 6 heteroatoms. The average molecular weight is 256 g/mol. The van der Waals surface area contributed by atoms with Gasteiger partial charge in [-0.3, -0.25) is 4.79 Å². The Kier molecular flexibility index (Phi) is 5.15. The van der Waals surface area contributed by atoms with Crippen LogP contribution >= 0.6 is 0 Å². The second-order valence-electron chi connectivity index (χ2n) is 4.56. The number of carboxylic acid groups (broad SMARTS) is 1. The molecule has 1 aliphatic rings. The Hall–Kier alpha value is -1.56. The minimum Gasteiger partial charge on any atom is -0.481 e. The van der Waals surface area contributed by atoms with Crippen LogP contribution in [0.25, 0.3) is 0 Å². The van der Waals surface area contributed by atoms with Crippen LogP contribution in [-0.4, -0.2) is 53.4 Å². The Bertz CT molecular complexity index is 326. The van der Waals surface area contributed by atoms with E-state index in [2.05, 4.69) is 11.9 Å². The van der Waals surface area contributed by atoms with Gasteiger partial charge in [0.05, 0.1) is 12.0 Å². The standard InChI is InChI=1S/C12H20N2O4/c1-2-6-14(7-8-15)11(18)13-9-12(10(16)17)4-3-5-12/h2,15H,1,3-9H2,(H,13,18)(H,16,17). The molecule has 1 fully saturated rings. The molecule has 0 aromatic carbocycles. The van der Waals surface area contributed by atoms with Crippen molar-refractivity contribution in [2.45, 2.75) is 19.3 Å². The maximum atomic E-state index is 11.8. The lowest BCUT2D eigenvalue weighted by atomic mass is 9.69. The van der Waals surface area contributed by atoms with Crippen LogP contribution in [0.4, 0.5) is 4.79 Å². The molecule has 0 aliphatic heterocycles. The van der Waals surface area contributed by atoms with Gasteiger partial charge in [-0.2, -0.15) is 0 Å². The first-order valence-electron chi connectivity index (χ1n) is 6.03. The second-order valence-corrected chi connectivity index (χ2v) is 4.56. The summed E-state index contributed by atoms with van der Waals surface area (Å²) in [6, 6.07) is -0.364. The van der Waals surface area contributed by atoms with Gasteiger partial charge in [-0.1, -0.05) is 12.5 Å². The van der Waals surface area contributed by atoms with E-state index in [-0.39, 0.29) is 25.7 Å². The number of rotatable bonds is 7. The van der Waals surface area contributed by atoms with E-state index in [0.717, 1.165) is 6.42 Å². The van der Waals surface area contributed by atoms with Crippen molar-refractivity contribution in [2.75, 3.05) is 26.2 Å². The predicted molar refractivity (Wildman–Crippen MR) is 66.2 cm³/mol. The fourth-order valence-electron chi connectivity index (χ4n) is 1.98. The highest BCUT2D eigenvalue weighted by Gasteiger charge is 2.44. The number of carboxylic acids is 1. The highest BCUT2D eigenvalue weighted by Crippen LogP contribution is 2.40. The molecule has 1 aliphatic carbocycles. The molecule has 0 spiro atoms. The van der Waals surface area contributed by atoms with Gasteiger partial charge in [0.15, 0.2) is 0 Å². The minimum absolute atomic E-state index is 0.134. The first kappa shape index (κ1) is 14.5. The van der Waals surface area contributed by atoms with Gasteiger partial charge in [-0.25, -0.2) is 4.79 Å². The third-order valence-corrected chi connectivity index (χ3v) is 3.35. The Labute approximate surface area is 106 Å². The van der Waals surface area contributed by atoms with Gasteiger partial charge in [0.25, 0.3) is 0 Å². The fourth-order valence-corrected chi connectivity index (χ4v) is 1.98. The molecule has 0 saturated heterocycles. The van der Waals surface area contributed by atoms with E-state index in [1.54, 1.807) is 6.08 Å². The number of carbonyl (C=O) groups is 2. The molecule has 0 radical (unpaired) electrons. The molecule has 0 heterocycles. The summed E-state index contributed by atoms with van der Waals surface area (Å²) in [4.78, 5) is 24.3. The van der Waals surface area contributed by atoms with Crippen molar-refractivity contribution < 1.29 is 19.8 Å². The van der Waals surface area contributed by atoms with Gasteiger partial charge in [0.1, 0.15) is 0 Å². The molecule has 0 bridgehead atoms. The summed E-state index contributed by atoms with van der Waals surface area (Å²) in [6.07, 6.45) is 3.65. The zero-order valence-electron chi connectivity index (χ0n) is 10.4. The molecular formula is C12H20N2O4. The summed E-state index contributed by atoms with van der Waals surface area (Å²) in [7, 11) is 0.